The Morgan fingerprint density at radius 3 is 2.26 bits per heavy atom. The van der Waals surface area contributed by atoms with Crippen LogP contribution in [0.3, 0.4) is 0 Å². The van der Waals surface area contributed by atoms with Crippen molar-refractivity contribution in [3.63, 3.8) is 0 Å². The first-order chi connectivity index (χ1) is 14.5. The van der Waals surface area contributed by atoms with Gasteiger partial charge in [-0.2, -0.15) is 0 Å². The van der Waals surface area contributed by atoms with E-state index < -0.39 is 10.0 Å². The summed E-state index contributed by atoms with van der Waals surface area (Å²) >= 11 is 0. The van der Waals surface area contributed by atoms with E-state index in [2.05, 4.69) is 47.9 Å². The number of nitrogens with one attached hydrogen (secondary N) is 2. The molecule has 6 nitrogen and oxygen atoms in total. The zero-order chi connectivity index (χ0) is 21.4. The lowest BCUT2D eigenvalue weighted by Crippen LogP contribution is -2.50. The molecule has 1 aromatic carbocycles. The number of sulfonamides is 1. The van der Waals surface area contributed by atoms with Crippen LogP contribution in [0.2, 0.25) is 0 Å². The van der Waals surface area contributed by atoms with Gasteiger partial charge in [0.15, 0.2) is 5.96 Å². The van der Waals surface area contributed by atoms with E-state index in [9.17, 15) is 8.42 Å². The van der Waals surface area contributed by atoms with E-state index in [0.29, 0.717) is 24.9 Å². The summed E-state index contributed by atoms with van der Waals surface area (Å²) in [6, 6.07) is 11.2. The molecule has 0 bridgehead atoms. The van der Waals surface area contributed by atoms with Crippen molar-refractivity contribution in [1.82, 2.24) is 14.9 Å². The van der Waals surface area contributed by atoms with Crippen LogP contribution in [-0.4, -0.2) is 56.7 Å². The van der Waals surface area contributed by atoms with Crippen LogP contribution in [0.1, 0.15) is 63.9 Å². The molecule has 1 aliphatic carbocycles. The Kier molecular flexibility index (Phi) is 11.1. The maximum Gasteiger partial charge on any atom is 0.213 e. The lowest BCUT2D eigenvalue weighted by atomic mass is 9.79. The lowest BCUT2D eigenvalue weighted by Gasteiger charge is -2.32. The number of piperidine rings is 1. The first-order valence-electron chi connectivity index (χ1n) is 11.6. The number of rotatable bonds is 7. The number of halogens is 1. The van der Waals surface area contributed by atoms with Gasteiger partial charge in [0.2, 0.25) is 10.0 Å². The molecule has 0 amide bonds. The average molecular weight is 563 g/mol. The van der Waals surface area contributed by atoms with Crippen LogP contribution in [0, 0.1) is 5.92 Å². The molecule has 176 valence electrons. The second-order valence-electron chi connectivity index (χ2n) is 8.57. The molecule has 2 fully saturated rings. The molecule has 31 heavy (non-hydrogen) atoms. The summed E-state index contributed by atoms with van der Waals surface area (Å²) in [6.07, 6.45) is 6.61. The fourth-order valence-corrected chi connectivity index (χ4v) is 5.73. The van der Waals surface area contributed by atoms with Gasteiger partial charge in [0.25, 0.3) is 0 Å². The summed E-state index contributed by atoms with van der Waals surface area (Å²) in [6.45, 7) is 6.67. The van der Waals surface area contributed by atoms with E-state index in [1.807, 2.05) is 0 Å². The largest absolute Gasteiger partial charge is 0.357 e. The third-order valence-electron chi connectivity index (χ3n) is 6.52. The van der Waals surface area contributed by atoms with E-state index in [0.717, 1.165) is 31.9 Å². The predicted molar refractivity (Wildman–Crippen MR) is 140 cm³/mol. The van der Waals surface area contributed by atoms with Crippen LogP contribution < -0.4 is 10.6 Å². The zero-order valence-corrected chi connectivity index (χ0v) is 22.1. The van der Waals surface area contributed by atoms with Crippen LogP contribution in [0.15, 0.2) is 35.3 Å². The third kappa shape index (κ3) is 7.89. The molecule has 0 unspecified atom stereocenters. The van der Waals surface area contributed by atoms with Crippen LogP contribution in [-0.2, 0) is 10.0 Å². The Hall–Kier alpha value is -0.870. The average Bonchev–Trinajstić information content (AvgIpc) is 2.79. The summed E-state index contributed by atoms with van der Waals surface area (Å²) in [7, 11) is -3.07. The smallest absolute Gasteiger partial charge is 0.213 e. The highest BCUT2D eigenvalue weighted by atomic mass is 127. The Labute approximate surface area is 205 Å². The predicted octanol–water partition coefficient (Wildman–Crippen LogP) is 3.95. The minimum atomic E-state index is -3.07. The first kappa shape index (κ1) is 26.4. The molecule has 0 spiro atoms. The van der Waals surface area contributed by atoms with E-state index in [1.54, 1.807) is 11.2 Å². The van der Waals surface area contributed by atoms with Gasteiger partial charge < -0.3 is 10.6 Å². The van der Waals surface area contributed by atoms with Gasteiger partial charge in [-0.25, -0.2) is 12.7 Å². The highest BCUT2D eigenvalue weighted by molar-refractivity contribution is 14.0. The molecule has 2 N–H and O–H groups in total. The van der Waals surface area contributed by atoms with Crippen LogP contribution in [0.5, 0.6) is 0 Å². The number of nitrogens with zero attached hydrogens (tertiary/aromatic N) is 2. The second kappa shape index (κ2) is 13.0. The molecule has 1 saturated carbocycles. The van der Waals surface area contributed by atoms with Gasteiger partial charge in [0.1, 0.15) is 0 Å². The maximum absolute atomic E-state index is 12.0. The highest BCUT2D eigenvalue weighted by Crippen LogP contribution is 2.35. The van der Waals surface area contributed by atoms with Gasteiger partial charge in [-0.15, -0.1) is 24.0 Å². The van der Waals surface area contributed by atoms with Crippen molar-refractivity contribution in [2.75, 3.05) is 31.9 Å². The third-order valence-corrected chi connectivity index (χ3v) is 8.40. The Bertz CT molecular complexity index is 772. The maximum atomic E-state index is 12.0. The fraction of sp³-hybridized carbons (Fsp3) is 0.696. The van der Waals surface area contributed by atoms with Crippen molar-refractivity contribution in [2.45, 2.75) is 64.3 Å². The Morgan fingerprint density at radius 1 is 1.03 bits per heavy atom. The number of benzene rings is 1. The van der Waals surface area contributed by atoms with Crippen LogP contribution >= 0.6 is 24.0 Å². The van der Waals surface area contributed by atoms with E-state index in [1.165, 1.54) is 31.2 Å². The normalized spacial score (nSPS) is 23.7. The summed E-state index contributed by atoms with van der Waals surface area (Å²) < 4.78 is 25.7. The van der Waals surface area contributed by atoms with Gasteiger partial charge in [0.05, 0.1) is 5.75 Å². The highest BCUT2D eigenvalue weighted by Gasteiger charge is 2.27. The molecular weight excluding hydrogens is 523 g/mol. The molecule has 8 heteroatoms. The molecule has 1 aromatic rings. The minimum Gasteiger partial charge on any atom is -0.357 e. The number of hydrogen-bond donors (Lipinski definition) is 2. The van der Waals surface area contributed by atoms with Crippen molar-refractivity contribution in [2.24, 2.45) is 10.9 Å². The fourth-order valence-electron chi connectivity index (χ4n) is 4.60. The van der Waals surface area contributed by atoms with Crippen molar-refractivity contribution in [1.29, 1.82) is 0 Å². The van der Waals surface area contributed by atoms with Gasteiger partial charge >= 0.3 is 0 Å². The molecule has 0 radical (unpaired) electrons. The quantitative estimate of drug-likeness (QED) is 0.300. The standard InChI is InChI=1S/C23H38N4O2S.HI/c1-3-24-23(26-22-14-16-27(17-15-22)30(28,29)4-2)25-18-19-10-12-21(13-11-19)20-8-6-5-7-9-20;/h5-9,19,21-22H,3-4,10-18H2,1-2H3,(H2,24,25,26);1H. The molecule has 0 atom stereocenters. The summed E-state index contributed by atoms with van der Waals surface area (Å²) in [5.74, 6) is 2.40. The van der Waals surface area contributed by atoms with Crippen LogP contribution in [0.4, 0.5) is 0 Å². The van der Waals surface area contributed by atoms with Gasteiger partial charge in [-0.05, 0) is 69.8 Å². The number of aliphatic imine (C=N–C) groups is 1. The second-order valence-corrected chi connectivity index (χ2v) is 10.8. The molecule has 1 heterocycles. The Morgan fingerprint density at radius 2 is 1.68 bits per heavy atom. The van der Waals surface area contributed by atoms with Gasteiger partial charge in [-0.1, -0.05) is 30.3 Å². The van der Waals surface area contributed by atoms with Crippen molar-refractivity contribution >= 4 is 40.0 Å². The molecule has 0 aromatic heterocycles. The number of hydrogen-bond acceptors (Lipinski definition) is 3. The van der Waals surface area contributed by atoms with Crippen molar-refractivity contribution in [3.8, 4) is 0 Å². The summed E-state index contributed by atoms with van der Waals surface area (Å²) in [5, 5.41) is 6.90. The molecule has 1 saturated heterocycles. The van der Waals surface area contributed by atoms with Crippen molar-refractivity contribution in [3.05, 3.63) is 35.9 Å². The summed E-state index contributed by atoms with van der Waals surface area (Å²) in [5.41, 5.74) is 1.48. The molecule has 3 rings (SSSR count). The first-order valence-corrected chi connectivity index (χ1v) is 13.2. The topological polar surface area (TPSA) is 73.8 Å². The minimum absolute atomic E-state index is 0. The monoisotopic (exact) mass is 562 g/mol. The van der Waals surface area contributed by atoms with E-state index in [4.69, 9.17) is 4.99 Å². The van der Waals surface area contributed by atoms with E-state index >= 15 is 0 Å². The molecule has 1 aliphatic heterocycles. The SMILES string of the molecule is CCNC(=NCC1CCC(c2ccccc2)CC1)NC1CCN(S(=O)(=O)CC)CC1.I. The number of guanidine groups is 1. The van der Waals surface area contributed by atoms with E-state index in [-0.39, 0.29) is 35.8 Å². The Balaban J connectivity index is 0.00000341. The molecular formula is C23H39IN4O2S. The summed E-state index contributed by atoms with van der Waals surface area (Å²) in [4.78, 5) is 4.88. The lowest BCUT2D eigenvalue weighted by molar-refractivity contribution is 0.305. The zero-order valence-electron chi connectivity index (χ0n) is 18.9. The molecule has 2 aliphatic rings. The van der Waals surface area contributed by atoms with Gasteiger partial charge in [0, 0.05) is 32.2 Å². The van der Waals surface area contributed by atoms with Crippen LogP contribution in [0.25, 0.3) is 0 Å². The van der Waals surface area contributed by atoms with Crippen molar-refractivity contribution < 1.29 is 8.42 Å². The van der Waals surface area contributed by atoms with Gasteiger partial charge in [-0.3, -0.25) is 4.99 Å².